The molecule has 40 heavy (non-hydrogen) atoms. The summed E-state index contributed by atoms with van der Waals surface area (Å²) in [5, 5.41) is 2.90. The van der Waals surface area contributed by atoms with Crippen LogP contribution < -0.4 is 10.9 Å². The molecule has 0 saturated carbocycles. The van der Waals surface area contributed by atoms with Gasteiger partial charge < -0.3 is 5.32 Å². The van der Waals surface area contributed by atoms with E-state index in [1.165, 1.54) is 18.4 Å². The van der Waals surface area contributed by atoms with Gasteiger partial charge in [-0.2, -0.15) is 0 Å². The number of anilines is 1. The summed E-state index contributed by atoms with van der Waals surface area (Å²) in [5.74, 6) is -0.525. The standard InChI is InChI=1S/C32H25N3O4S/c1-20(36)22-15-17-26(18-16-22)35-31(39)27-13-6-7-14-28(27)34-32(35)40-29(23-9-4-3-5-10-23)30(38)33-25-12-8-11-24(19-25)21(2)37/h3-19,29H,1-2H3,(H,33,38). The number of ketones is 2. The van der Waals surface area contributed by atoms with Gasteiger partial charge in [-0.1, -0.05) is 66.4 Å². The molecule has 1 aromatic heterocycles. The molecule has 4 aromatic carbocycles. The first-order chi connectivity index (χ1) is 19.3. The van der Waals surface area contributed by atoms with Gasteiger partial charge in [-0.3, -0.25) is 23.7 Å². The van der Waals surface area contributed by atoms with Gasteiger partial charge in [0.1, 0.15) is 5.25 Å². The Hall–Kier alpha value is -4.82. The zero-order valence-electron chi connectivity index (χ0n) is 21.8. The molecule has 8 heteroatoms. The maximum Gasteiger partial charge on any atom is 0.266 e. The number of amides is 1. The SMILES string of the molecule is CC(=O)c1ccc(-n2c(SC(C(=O)Nc3cccc(C(C)=O)c3)c3ccccc3)nc3ccccc3c2=O)cc1. The van der Waals surface area contributed by atoms with Crippen molar-refractivity contribution in [3.8, 4) is 5.69 Å². The summed E-state index contributed by atoms with van der Waals surface area (Å²) in [6.07, 6.45) is 0. The minimum Gasteiger partial charge on any atom is -0.325 e. The molecule has 0 aliphatic rings. The quantitative estimate of drug-likeness (QED) is 0.140. The van der Waals surface area contributed by atoms with Crippen LogP contribution in [0.25, 0.3) is 16.6 Å². The van der Waals surface area contributed by atoms with E-state index in [0.29, 0.717) is 44.1 Å². The molecule has 1 unspecified atom stereocenters. The second-order valence-electron chi connectivity index (χ2n) is 9.19. The fourth-order valence-corrected chi connectivity index (χ4v) is 5.41. The van der Waals surface area contributed by atoms with Gasteiger partial charge in [-0.15, -0.1) is 0 Å². The van der Waals surface area contributed by atoms with E-state index < -0.39 is 5.25 Å². The number of nitrogens with one attached hydrogen (secondary N) is 1. The predicted molar refractivity (Wildman–Crippen MR) is 157 cm³/mol. The molecule has 1 heterocycles. The minimum atomic E-state index is -0.780. The van der Waals surface area contributed by atoms with E-state index in [1.807, 2.05) is 30.3 Å². The molecule has 0 bridgehead atoms. The lowest BCUT2D eigenvalue weighted by Crippen LogP contribution is -2.24. The van der Waals surface area contributed by atoms with Crippen molar-refractivity contribution in [2.45, 2.75) is 24.3 Å². The summed E-state index contributed by atoms with van der Waals surface area (Å²) < 4.78 is 1.47. The van der Waals surface area contributed by atoms with E-state index in [0.717, 1.165) is 11.8 Å². The highest BCUT2D eigenvalue weighted by Gasteiger charge is 2.26. The highest BCUT2D eigenvalue weighted by molar-refractivity contribution is 8.00. The van der Waals surface area contributed by atoms with Gasteiger partial charge in [-0.25, -0.2) is 4.98 Å². The van der Waals surface area contributed by atoms with E-state index in [4.69, 9.17) is 4.98 Å². The summed E-state index contributed by atoms with van der Waals surface area (Å²) in [6, 6.07) is 29.8. The molecule has 0 saturated heterocycles. The van der Waals surface area contributed by atoms with E-state index in [2.05, 4.69) is 5.32 Å². The van der Waals surface area contributed by atoms with Crippen LogP contribution in [0.2, 0.25) is 0 Å². The molecular weight excluding hydrogens is 522 g/mol. The Kier molecular flexibility index (Phi) is 7.70. The van der Waals surface area contributed by atoms with Gasteiger partial charge in [0.05, 0.1) is 16.6 Å². The third-order valence-electron chi connectivity index (χ3n) is 6.38. The Balaban J connectivity index is 1.61. The number of rotatable bonds is 8. The van der Waals surface area contributed by atoms with Crippen molar-refractivity contribution in [1.82, 2.24) is 9.55 Å². The lowest BCUT2D eigenvalue weighted by Gasteiger charge is -2.20. The molecule has 5 aromatic rings. The van der Waals surface area contributed by atoms with Gasteiger partial charge in [0.25, 0.3) is 5.56 Å². The van der Waals surface area contributed by atoms with Crippen LogP contribution in [0.15, 0.2) is 113 Å². The number of para-hydroxylation sites is 1. The van der Waals surface area contributed by atoms with Gasteiger partial charge in [0.2, 0.25) is 5.91 Å². The first-order valence-corrected chi connectivity index (χ1v) is 13.5. The molecule has 5 rings (SSSR count). The van der Waals surface area contributed by atoms with Crippen LogP contribution in [0.4, 0.5) is 5.69 Å². The van der Waals surface area contributed by atoms with Crippen molar-refractivity contribution in [2.75, 3.05) is 5.32 Å². The van der Waals surface area contributed by atoms with Crippen LogP contribution in [-0.4, -0.2) is 27.0 Å². The van der Waals surface area contributed by atoms with E-state index in [1.54, 1.807) is 72.8 Å². The highest BCUT2D eigenvalue weighted by atomic mass is 32.2. The van der Waals surface area contributed by atoms with Crippen LogP contribution in [0, 0.1) is 0 Å². The summed E-state index contributed by atoms with van der Waals surface area (Å²) in [4.78, 5) is 56.0. The summed E-state index contributed by atoms with van der Waals surface area (Å²) in [6.45, 7) is 2.95. The molecule has 7 nitrogen and oxygen atoms in total. The predicted octanol–water partition coefficient (Wildman–Crippen LogP) is 6.26. The first-order valence-electron chi connectivity index (χ1n) is 12.6. The zero-order chi connectivity index (χ0) is 28.2. The average molecular weight is 548 g/mol. The minimum absolute atomic E-state index is 0.0835. The van der Waals surface area contributed by atoms with Crippen LogP contribution in [0.1, 0.15) is 45.4 Å². The van der Waals surface area contributed by atoms with Crippen molar-refractivity contribution >= 4 is 45.8 Å². The Morgan fingerprint density at radius 1 is 0.775 bits per heavy atom. The van der Waals surface area contributed by atoms with Crippen LogP contribution in [0.3, 0.4) is 0 Å². The number of hydrogen-bond acceptors (Lipinski definition) is 6. The molecule has 1 N–H and O–H groups in total. The topological polar surface area (TPSA) is 98.1 Å². The van der Waals surface area contributed by atoms with Crippen molar-refractivity contribution in [2.24, 2.45) is 0 Å². The van der Waals surface area contributed by atoms with Gasteiger partial charge in [-0.05, 0) is 67.9 Å². The third-order valence-corrected chi connectivity index (χ3v) is 7.58. The van der Waals surface area contributed by atoms with E-state index in [-0.39, 0.29) is 23.0 Å². The number of nitrogens with zero attached hydrogens (tertiary/aromatic N) is 2. The monoisotopic (exact) mass is 547 g/mol. The molecule has 198 valence electrons. The normalized spacial score (nSPS) is 11.7. The molecule has 0 spiro atoms. The van der Waals surface area contributed by atoms with Gasteiger partial charge in [0.15, 0.2) is 16.7 Å². The van der Waals surface area contributed by atoms with Crippen molar-refractivity contribution in [1.29, 1.82) is 0 Å². The number of thioether (sulfide) groups is 1. The third kappa shape index (κ3) is 5.62. The number of carbonyl (C=O) groups excluding carboxylic acids is 3. The fraction of sp³-hybridized carbons (Fsp3) is 0.0938. The number of benzene rings is 4. The summed E-state index contributed by atoms with van der Waals surface area (Å²) in [7, 11) is 0. The second-order valence-corrected chi connectivity index (χ2v) is 10.3. The van der Waals surface area contributed by atoms with Gasteiger partial charge >= 0.3 is 0 Å². The number of Topliss-reactive ketones (excluding diaryl/α,β-unsaturated/α-hetero) is 2. The number of aromatic nitrogens is 2. The molecule has 1 amide bonds. The average Bonchev–Trinajstić information content (AvgIpc) is 2.96. The van der Waals surface area contributed by atoms with E-state index in [9.17, 15) is 19.2 Å². The van der Waals surface area contributed by atoms with Crippen molar-refractivity contribution < 1.29 is 14.4 Å². The Bertz CT molecular complexity index is 1800. The maximum absolute atomic E-state index is 13.8. The summed E-state index contributed by atoms with van der Waals surface area (Å²) in [5.41, 5.74) is 2.96. The highest BCUT2D eigenvalue weighted by Crippen LogP contribution is 2.36. The summed E-state index contributed by atoms with van der Waals surface area (Å²) >= 11 is 1.15. The molecular formula is C32H25N3O4S. The largest absolute Gasteiger partial charge is 0.325 e. The first kappa shape index (κ1) is 26.8. The zero-order valence-corrected chi connectivity index (χ0v) is 22.6. The fourth-order valence-electron chi connectivity index (χ4n) is 4.29. The maximum atomic E-state index is 13.8. The Morgan fingerprint density at radius 2 is 1.45 bits per heavy atom. The van der Waals surface area contributed by atoms with Gasteiger partial charge in [0, 0.05) is 16.8 Å². The lowest BCUT2D eigenvalue weighted by atomic mass is 10.1. The smallest absolute Gasteiger partial charge is 0.266 e. The Labute approximate surface area is 234 Å². The molecule has 0 aliphatic heterocycles. The molecule has 0 fully saturated rings. The lowest BCUT2D eigenvalue weighted by molar-refractivity contribution is -0.115. The number of carbonyl (C=O) groups is 3. The molecule has 1 atom stereocenters. The number of fused-ring (bicyclic) bond motifs is 1. The van der Waals surface area contributed by atoms with Crippen LogP contribution in [-0.2, 0) is 4.79 Å². The second kappa shape index (κ2) is 11.5. The molecule has 0 aliphatic carbocycles. The van der Waals surface area contributed by atoms with Crippen LogP contribution in [0.5, 0.6) is 0 Å². The molecule has 0 radical (unpaired) electrons. The van der Waals surface area contributed by atoms with Crippen molar-refractivity contribution in [3.63, 3.8) is 0 Å². The Morgan fingerprint density at radius 3 is 2.15 bits per heavy atom. The number of hydrogen-bond donors (Lipinski definition) is 1. The van der Waals surface area contributed by atoms with Crippen LogP contribution >= 0.6 is 11.8 Å². The van der Waals surface area contributed by atoms with E-state index >= 15 is 0 Å². The van der Waals surface area contributed by atoms with Crippen molar-refractivity contribution in [3.05, 3.63) is 130 Å².